The van der Waals surface area contributed by atoms with Crippen LogP contribution >= 0.6 is 22.9 Å². The molecule has 0 atom stereocenters. The van der Waals surface area contributed by atoms with Crippen molar-refractivity contribution in [3.63, 3.8) is 0 Å². The Morgan fingerprint density at radius 3 is 3.07 bits per heavy atom. The molecule has 1 aromatic carbocycles. The molecule has 4 heteroatoms. The van der Waals surface area contributed by atoms with Gasteiger partial charge < -0.3 is 5.32 Å². The van der Waals surface area contributed by atoms with Crippen molar-refractivity contribution in [3.05, 3.63) is 41.4 Å². The van der Waals surface area contributed by atoms with Crippen LogP contribution in [0.2, 0.25) is 0 Å². The quantitative estimate of drug-likeness (QED) is 0.806. The largest absolute Gasteiger partial charge is 0.332 e. The predicted molar refractivity (Wildman–Crippen MR) is 61.4 cm³/mol. The molecule has 1 heterocycles. The van der Waals surface area contributed by atoms with E-state index in [1.165, 1.54) is 0 Å². The van der Waals surface area contributed by atoms with Crippen molar-refractivity contribution in [2.24, 2.45) is 0 Å². The van der Waals surface area contributed by atoms with Crippen LogP contribution in [-0.4, -0.2) is 4.98 Å². The first-order valence-electron chi connectivity index (χ1n) is 4.20. The molecule has 0 radical (unpaired) electrons. The number of anilines is 2. The van der Waals surface area contributed by atoms with Crippen LogP contribution in [0.5, 0.6) is 0 Å². The number of nitrogens with zero attached hydrogens (tertiary/aromatic N) is 1. The van der Waals surface area contributed by atoms with E-state index in [1.807, 2.05) is 29.6 Å². The summed E-state index contributed by atoms with van der Waals surface area (Å²) in [6.45, 7) is 0. The first kappa shape index (κ1) is 9.49. The highest BCUT2D eigenvalue weighted by Crippen LogP contribution is 2.19. The summed E-state index contributed by atoms with van der Waals surface area (Å²) in [5.74, 6) is 0.535. The second-order valence-corrected chi connectivity index (χ2v) is 3.96. The monoisotopic (exact) mass is 224 g/mol. The summed E-state index contributed by atoms with van der Waals surface area (Å²) in [6, 6.07) is 8.00. The lowest BCUT2D eigenvalue weighted by atomic mass is 10.2. The number of benzene rings is 1. The Balaban J connectivity index is 2.17. The molecule has 2 rings (SSSR count). The van der Waals surface area contributed by atoms with Crippen LogP contribution in [0.15, 0.2) is 35.8 Å². The molecule has 0 aliphatic rings. The van der Waals surface area contributed by atoms with Gasteiger partial charge in [-0.1, -0.05) is 12.1 Å². The van der Waals surface area contributed by atoms with Crippen molar-refractivity contribution in [2.75, 3.05) is 5.32 Å². The van der Waals surface area contributed by atoms with E-state index in [1.54, 1.807) is 17.5 Å². The Hall–Kier alpha value is -1.06. The Morgan fingerprint density at radius 2 is 2.36 bits per heavy atom. The Morgan fingerprint density at radius 1 is 1.43 bits per heavy atom. The lowest BCUT2D eigenvalue weighted by molar-refractivity contribution is 1.36. The molecule has 0 aliphatic carbocycles. The van der Waals surface area contributed by atoms with Gasteiger partial charge in [-0.2, -0.15) is 0 Å². The summed E-state index contributed by atoms with van der Waals surface area (Å²) in [5, 5.41) is 6.05. The van der Waals surface area contributed by atoms with E-state index < -0.39 is 0 Å². The van der Waals surface area contributed by atoms with E-state index >= 15 is 0 Å². The number of thiazole rings is 1. The van der Waals surface area contributed by atoms with Crippen LogP contribution in [0.3, 0.4) is 0 Å². The maximum atomic E-state index is 5.74. The third-order valence-electron chi connectivity index (χ3n) is 1.76. The topological polar surface area (TPSA) is 24.9 Å². The first-order chi connectivity index (χ1) is 6.88. The highest BCUT2D eigenvalue weighted by atomic mass is 35.5. The van der Waals surface area contributed by atoms with Gasteiger partial charge in [-0.15, -0.1) is 22.9 Å². The number of hydrogen-bond donors (Lipinski definition) is 1. The van der Waals surface area contributed by atoms with Crippen LogP contribution in [0.4, 0.5) is 10.8 Å². The number of alkyl halides is 1. The third kappa shape index (κ3) is 2.25. The van der Waals surface area contributed by atoms with E-state index in [0.717, 1.165) is 16.4 Å². The Bertz CT molecular complexity index is 400. The highest BCUT2D eigenvalue weighted by molar-refractivity contribution is 7.13. The Labute approximate surface area is 91.6 Å². The SMILES string of the molecule is ClCc1cccc(Nc2nccs2)c1. The normalized spacial score (nSPS) is 10.1. The summed E-state index contributed by atoms with van der Waals surface area (Å²) in [5.41, 5.74) is 2.13. The van der Waals surface area contributed by atoms with E-state index in [9.17, 15) is 0 Å². The minimum atomic E-state index is 0.535. The molecule has 1 N–H and O–H groups in total. The minimum absolute atomic E-state index is 0.535. The van der Waals surface area contributed by atoms with Crippen LogP contribution in [-0.2, 0) is 5.88 Å². The van der Waals surface area contributed by atoms with Crippen molar-refractivity contribution in [2.45, 2.75) is 5.88 Å². The standard InChI is InChI=1S/C10H9ClN2S/c11-7-8-2-1-3-9(6-8)13-10-12-4-5-14-10/h1-6H,7H2,(H,12,13). The number of hydrogen-bond acceptors (Lipinski definition) is 3. The van der Waals surface area contributed by atoms with Gasteiger partial charge in [0.1, 0.15) is 0 Å². The van der Waals surface area contributed by atoms with Crippen LogP contribution in [0.1, 0.15) is 5.56 Å². The van der Waals surface area contributed by atoms with Crippen molar-refractivity contribution in [3.8, 4) is 0 Å². The smallest absolute Gasteiger partial charge is 0.187 e. The number of nitrogens with one attached hydrogen (secondary N) is 1. The maximum Gasteiger partial charge on any atom is 0.187 e. The molecular formula is C10H9ClN2S. The molecule has 0 amide bonds. The molecule has 72 valence electrons. The average molecular weight is 225 g/mol. The second kappa shape index (κ2) is 4.44. The highest BCUT2D eigenvalue weighted by Gasteiger charge is 1.97. The molecule has 2 aromatic rings. The van der Waals surface area contributed by atoms with E-state index in [-0.39, 0.29) is 0 Å². The molecule has 0 spiro atoms. The van der Waals surface area contributed by atoms with Crippen molar-refractivity contribution >= 4 is 33.8 Å². The molecule has 1 aromatic heterocycles. The third-order valence-corrected chi connectivity index (χ3v) is 2.76. The minimum Gasteiger partial charge on any atom is -0.332 e. The molecule has 0 bridgehead atoms. The lowest BCUT2D eigenvalue weighted by Gasteiger charge is -2.03. The van der Waals surface area contributed by atoms with Crippen molar-refractivity contribution in [1.29, 1.82) is 0 Å². The van der Waals surface area contributed by atoms with Gasteiger partial charge >= 0.3 is 0 Å². The molecule has 0 fully saturated rings. The molecule has 0 saturated heterocycles. The first-order valence-corrected chi connectivity index (χ1v) is 5.61. The van der Waals surface area contributed by atoms with Gasteiger partial charge in [0.15, 0.2) is 5.13 Å². The predicted octanol–water partition coefficient (Wildman–Crippen LogP) is 3.63. The van der Waals surface area contributed by atoms with E-state index in [4.69, 9.17) is 11.6 Å². The second-order valence-electron chi connectivity index (χ2n) is 2.80. The zero-order valence-electron chi connectivity index (χ0n) is 7.40. The van der Waals surface area contributed by atoms with Gasteiger partial charge in [0.25, 0.3) is 0 Å². The van der Waals surface area contributed by atoms with Gasteiger partial charge in [-0.3, -0.25) is 0 Å². The van der Waals surface area contributed by atoms with Crippen LogP contribution < -0.4 is 5.32 Å². The number of rotatable bonds is 3. The lowest BCUT2D eigenvalue weighted by Crippen LogP contribution is -1.89. The molecular weight excluding hydrogens is 216 g/mol. The fourth-order valence-corrected chi connectivity index (χ4v) is 1.86. The van der Waals surface area contributed by atoms with Crippen molar-refractivity contribution in [1.82, 2.24) is 4.98 Å². The summed E-state index contributed by atoms with van der Waals surface area (Å²) in [6.07, 6.45) is 1.78. The molecule has 0 aliphatic heterocycles. The molecule has 2 nitrogen and oxygen atoms in total. The number of aromatic nitrogens is 1. The van der Waals surface area contributed by atoms with Gasteiger partial charge in [0.05, 0.1) is 0 Å². The molecule has 14 heavy (non-hydrogen) atoms. The molecule has 0 unspecified atom stereocenters. The van der Waals surface area contributed by atoms with Gasteiger partial charge in [-0.25, -0.2) is 4.98 Å². The summed E-state index contributed by atoms with van der Waals surface area (Å²) in [7, 11) is 0. The summed E-state index contributed by atoms with van der Waals surface area (Å²) < 4.78 is 0. The fourth-order valence-electron chi connectivity index (χ4n) is 1.14. The Kier molecular flexibility index (Phi) is 3.01. The van der Waals surface area contributed by atoms with Crippen LogP contribution in [0.25, 0.3) is 0 Å². The fraction of sp³-hybridized carbons (Fsp3) is 0.100. The molecule has 0 saturated carbocycles. The van der Waals surface area contributed by atoms with Gasteiger partial charge in [0, 0.05) is 23.1 Å². The van der Waals surface area contributed by atoms with Gasteiger partial charge in [-0.05, 0) is 17.7 Å². The van der Waals surface area contributed by atoms with Crippen LogP contribution in [0, 0.1) is 0 Å². The zero-order chi connectivity index (χ0) is 9.80. The zero-order valence-corrected chi connectivity index (χ0v) is 8.98. The summed E-state index contributed by atoms with van der Waals surface area (Å²) >= 11 is 7.32. The maximum absolute atomic E-state index is 5.74. The average Bonchev–Trinajstić information content (AvgIpc) is 2.71. The van der Waals surface area contributed by atoms with Crippen molar-refractivity contribution < 1.29 is 0 Å². The van der Waals surface area contributed by atoms with Gasteiger partial charge in [0.2, 0.25) is 0 Å². The number of halogens is 1. The van der Waals surface area contributed by atoms with E-state index in [0.29, 0.717) is 5.88 Å². The summed E-state index contributed by atoms with van der Waals surface area (Å²) in [4.78, 5) is 4.14. The van der Waals surface area contributed by atoms with E-state index in [2.05, 4.69) is 10.3 Å².